The van der Waals surface area contributed by atoms with Crippen LogP contribution in [0, 0.1) is 0 Å². The van der Waals surface area contributed by atoms with Crippen LogP contribution in [0.3, 0.4) is 0 Å². The first kappa shape index (κ1) is 31.8. The average molecular weight is 618 g/mol. The molecule has 0 aliphatic rings. The maximum absolute atomic E-state index is 14.4. The van der Waals surface area contributed by atoms with Crippen LogP contribution in [0.25, 0.3) is 0 Å². The number of hydrogen-bond acceptors (Lipinski definition) is 4. The van der Waals surface area contributed by atoms with Gasteiger partial charge in [-0.3, -0.25) is 13.9 Å². The van der Waals surface area contributed by atoms with Crippen LogP contribution in [0.5, 0.6) is 0 Å². The maximum Gasteiger partial charge on any atom is 0.264 e. The second-order valence-electron chi connectivity index (χ2n) is 10.1. The van der Waals surface area contributed by atoms with Gasteiger partial charge in [0.15, 0.2) is 0 Å². The van der Waals surface area contributed by atoms with Crippen molar-refractivity contribution in [3.63, 3.8) is 0 Å². The molecule has 9 heteroatoms. The molecule has 2 amide bonds. The lowest BCUT2D eigenvalue weighted by Crippen LogP contribution is -2.53. The Morgan fingerprint density at radius 1 is 0.814 bits per heavy atom. The number of sulfonamides is 1. The minimum absolute atomic E-state index is 0.0582. The Kier molecular flexibility index (Phi) is 11.0. The maximum atomic E-state index is 14.4. The number of rotatable bonds is 13. The number of nitrogens with one attached hydrogen (secondary N) is 1. The van der Waals surface area contributed by atoms with E-state index in [1.54, 1.807) is 48.5 Å². The number of para-hydroxylation sites is 1. The molecule has 4 aromatic rings. The lowest BCUT2D eigenvalue weighted by molar-refractivity contribution is -0.140. The summed E-state index contributed by atoms with van der Waals surface area (Å²) in [4.78, 5) is 29.5. The molecular weight excluding hydrogens is 582 g/mol. The number of anilines is 1. The molecule has 1 N–H and O–H groups in total. The highest BCUT2D eigenvalue weighted by molar-refractivity contribution is 7.92. The Morgan fingerprint density at radius 3 is 2.09 bits per heavy atom. The second kappa shape index (κ2) is 14.8. The molecule has 0 saturated heterocycles. The number of nitrogens with zero attached hydrogens (tertiary/aromatic N) is 2. The zero-order valence-corrected chi connectivity index (χ0v) is 25.9. The van der Waals surface area contributed by atoms with Gasteiger partial charge in [-0.1, -0.05) is 97.4 Å². The zero-order valence-electron chi connectivity index (χ0n) is 24.3. The van der Waals surface area contributed by atoms with Crippen molar-refractivity contribution in [2.45, 2.75) is 44.2 Å². The number of hydrogen-bond donors (Lipinski definition) is 1. The third-order valence-corrected chi connectivity index (χ3v) is 9.12. The fraction of sp³-hybridized carbons (Fsp3) is 0.235. The number of amides is 2. The van der Waals surface area contributed by atoms with Crippen molar-refractivity contribution in [1.29, 1.82) is 0 Å². The third kappa shape index (κ3) is 8.03. The molecule has 0 spiro atoms. The summed E-state index contributed by atoms with van der Waals surface area (Å²) in [6, 6.07) is 30.8. The van der Waals surface area contributed by atoms with Crippen molar-refractivity contribution >= 4 is 39.1 Å². The third-order valence-electron chi connectivity index (χ3n) is 7.12. The summed E-state index contributed by atoms with van der Waals surface area (Å²) in [6.45, 7) is 3.69. The lowest BCUT2D eigenvalue weighted by Gasteiger charge is -2.34. The smallest absolute Gasteiger partial charge is 0.264 e. The Hall–Kier alpha value is -4.14. The summed E-state index contributed by atoms with van der Waals surface area (Å²) in [5.74, 6) is -0.842. The van der Waals surface area contributed by atoms with Crippen LogP contribution in [0.4, 0.5) is 5.69 Å². The van der Waals surface area contributed by atoms with Gasteiger partial charge < -0.3 is 10.2 Å². The first-order valence-corrected chi connectivity index (χ1v) is 16.1. The van der Waals surface area contributed by atoms with Crippen LogP contribution in [-0.2, 0) is 39.0 Å². The van der Waals surface area contributed by atoms with Crippen molar-refractivity contribution < 1.29 is 18.0 Å². The van der Waals surface area contributed by atoms with Gasteiger partial charge >= 0.3 is 0 Å². The van der Waals surface area contributed by atoms with E-state index >= 15 is 0 Å². The van der Waals surface area contributed by atoms with Gasteiger partial charge in [-0.15, -0.1) is 0 Å². The predicted molar refractivity (Wildman–Crippen MR) is 171 cm³/mol. The van der Waals surface area contributed by atoms with Crippen LogP contribution < -0.4 is 9.62 Å². The quantitative estimate of drug-likeness (QED) is 0.203. The highest BCUT2D eigenvalue weighted by atomic mass is 35.5. The van der Waals surface area contributed by atoms with Gasteiger partial charge in [-0.2, -0.15) is 0 Å². The second-order valence-corrected chi connectivity index (χ2v) is 12.4. The van der Waals surface area contributed by atoms with Gasteiger partial charge in [0.25, 0.3) is 10.0 Å². The van der Waals surface area contributed by atoms with Crippen molar-refractivity contribution in [3.05, 3.63) is 131 Å². The van der Waals surface area contributed by atoms with Crippen LogP contribution in [-0.4, -0.2) is 44.3 Å². The summed E-state index contributed by atoms with van der Waals surface area (Å²) in [7, 11) is -4.15. The molecule has 0 aromatic heterocycles. The molecular formula is C34H36ClN3O4S. The number of aryl methyl sites for hydroxylation is 1. The molecule has 4 rings (SSSR count). The molecule has 0 aliphatic carbocycles. The van der Waals surface area contributed by atoms with Crippen molar-refractivity contribution in [1.82, 2.24) is 10.2 Å². The van der Waals surface area contributed by atoms with Gasteiger partial charge in [0.1, 0.15) is 12.6 Å². The molecule has 0 fully saturated rings. The van der Waals surface area contributed by atoms with Gasteiger partial charge in [0.2, 0.25) is 11.8 Å². The van der Waals surface area contributed by atoms with E-state index in [0.717, 1.165) is 21.0 Å². The van der Waals surface area contributed by atoms with E-state index in [1.807, 2.05) is 62.4 Å². The van der Waals surface area contributed by atoms with Gasteiger partial charge in [-0.25, -0.2) is 8.42 Å². The van der Waals surface area contributed by atoms with Gasteiger partial charge in [0, 0.05) is 24.5 Å². The summed E-state index contributed by atoms with van der Waals surface area (Å²) in [5, 5.41) is 3.36. The van der Waals surface area contributed by atoms with Crippen LogP contribution in [0.1, 0.15) is 30.5 Å². The predicted octanol–water partition coefficient (Wildman–Crippen LogP) is 5.87. The Balaban J connectivity index is 1.82. The van der Waals surface area contributed by atoms with E-state index in [-0.39, 0.29) is 23.8 Å². The highest BCUT2D eigenvalue weighted by Gasteiger charge is 2.35. The molecule has 0 saturated carbocycles. The molecule has 0 radical (unpaired) electrons. The molecule has 1 atom stereocenters. The van der Waals surface area contributed by atoms with Gasteiger partial charge in [-0.05, 0) is 60.4 Å². The highest BCUT2D eigenvalue weighted by Crippen LogP contribution is 2.28. The molecule has 43 heavy (non-hydrogen) atoms. The van der Waals surface area contributed by atoms with E-state index in [1.165, 1.54) is 17.0 Å². The average Bonchev–Trinajstić information content (AvgIpc) is 3.02. The fourth-order valence-electron chi connectivity index (χ4n) is 4.96. The number of halogens is 1. The summed E-state index contributed by atoms with van der Waals surface area (Å²) in [6.07, 6.45) is 0.808. The van der Waals surface area contributed by atoms with Crippen LogP contribution >= 0.6 is 11.6 Å². The topological polar surface area (TPSA) is 86.8 Å². The minimum atomic E-state index is -4.15. The lowest BCUT2D eigenvalue weighted by atomic mass is 10.0. The Morgan fingerprint density at radius 2 is 1.44 bits per heavy atom. The standard InChI is InChI=1S/C34H36ClN3O4S/c1-3-28-17-11-12-21-31(28)38(43(41,42)30-19-9-6-10-20-30)25-33(39)37(24-27-16-13-18-29(35)22-27)32(34(40)36-4-2)23-26-14-7-5-8-15-26/h5-22,32H,3-4,23-25H2,1-2H3,(H,36,40). The van der Waals surface area contributed by atoms with E-state index in [4.69, 9.17) is 11.6 Å². The molecule has 0 bridgehead atoms. The SMILES string of the molecule is CCNC(=O)C(Cc1ccccc1)N(Cc1cccc(Cl)c1)C(=O)CN(c1ccccc1CC)S(=O)(=O)c1ccccc1. The molecule has 4 aromatic carbocycles. The Bertz CT molecular complexity index is 1630. The number of benzene rings is 4. The molecule has 224 valence electrons. The van der Waals surface area contributed by atoms with E-state index < -0.39 is 28.5 Å². The van der Waals surface area contributed by atoms with Crippen molar-refractivity contribution in [2.24, 2.45) is 0 Å². The van der Waals surface area contributed by atoms with Crippen molar-refractivity contribution in [2.75, 3.05) is 17.4 Å². The summed E-state index contributed by atoms with van der Waals surface area (Å²) >= 11 is 6.28. The first-order valence-electron chi connectivity index (χ1n) is 14.3. The van der Waals surface area contributed by atoms with Crippen LogP contribution in [0.2, 0.25) is 5.02 Å². The molecule has 7 nitrogen and oxygen atoms in total. The first-order chi connectivity index (χ1) is 20.7. The molecule has 0 heterocycles. The van der Waals surface area contributed by atoms with E-state index in [0.29, 0.717) is 23.7 Å². The van der Waals surface area contributed by atoms with Crippen molar-refractivity contribution in [3.8, 4) is 0 Å². The number of carbonyl (C=O) groups is 2. The summed E-state index contributed by atoms with van der Waals surface area (Å²) in [5.41, 5.74) is 2.78. The van der Waals surface area contributed by atoms with Crippen LogP contribution in [0.15, 0.2) is 114 Å². The monoisotopic (exact) mass is 617 g/mol. The Labute approximate surface area is 259 Å². The van der Waals surface area contributed by atoms with Gasteiger partial charge in [0.05, 0.1) is 10.6 Å². The number of carbonyl (C=O) groups excluding carboxylic acids is 2. The molecule has 1 unspecified atom stereocenters. The van der Waals surface area contributed by atoms with E-state index in [2.05, 4.69) is 5.32 Å². The van der Waals surface area contributed by atoms with E-state index in [9.17, 15) is 18.0 Å². The zero-order chi connectivity index (χ0) is 30.8. The molecule has 0 aliphatic heterocycles. The summed E-state index contributed by atoms with van der Waals surface area (Å²) < 4.78 is 29.4. The minimum Gasteiger partial charge on any atom is -0.355 e. The normalized spacial score (nSPS) is 11.9. The largest absolute Gasteiger partial charge is 0.355 e. The number of likely N-dealkylation sites (N-methyl/N-ethyl adjacent to an activating group) is 1. The fourth-order valence-corrected chi connectivity index (χ4v) is 6.65.